The van der Waals surface area contributed by atoms with Crippen LogP contribution in [0, 0.1) is 0 Å². The molecule has 0 bridgehead atoms. The third-order valence-electron chi connectivity index (χ3n) is 3.40. The summed E-state index contributed by atoms with van der Waals surface area (Å²) in [6.45, 7) is 4.90. The maximum absolute atomic E-state index is 12.0. The minimum Gasteiger partial charge on any atom is -0.339 e. The first-order valence-corrected chi connectivity index (χ1v) is 6.90. The Labute approximate surface area is 115 Å². The molecule has 19 heavy (non-hydrogen) atoms. The summed E-state index contributed by atoms with van der Waals surface area (Å²) < 4.78 is 0. The van der Waals surface area contributed by atoms with Crippen molar-refractivity contribution in [2.45, 2.75) is 25.8 Å². The summed E-state index contributed by atoms with van der Waals surface area (Å²) in [5, 5.41) is 0. The van der Waals surface area contributed by atoms with Crippen molar-refractivity contribution in [3.63, 3.8) is 0 Å². The predicted octanol–water partition coefficient (Wildman–Crippen LogP) is -0.654. The van der Waals surface area contributed by atoms with E-state index in [-0.39, 0.29) is 17.9 Å². The highest BCUT2D eigenvalue weighted by molar-refractivity contribution is 5.79. The Kier molecular flexibility index (Phi) is 6.24. The molecule has 1 heterocycles. The van der Waals surface area contributed by atoms with Crippen LogP contribution < -0.4 is 5.73 Å². The standard InChI is InChI=1S/C13H26N4O2/c1-4-11(14)9-12(18)16-5-7-17(8-6-16)13(19)10-15(2)3/h11H,4-10,14H2,1-3H3. The number of hydrogen-bond acceptors (Lipinski definition) is 4. The van der Waals surface area contributed by atoms with Gasteiger partial charge >= 0.3 is 0 Å². The van der Waals surface area contributed by atoms with E-state index in [1.807, 2.05) is 35.7 Å². The van der Waals surface area contributed by atoms with Crippen molar-refractivity contribution in [3.8, 4) is 0 Å². The molecule has 0 saturated carbocycles. The average molecular weight is 270 g/mol. The zero-order valence-electron chi connectivity index (χ0n) is 12.3. The van der Waals surface area contributed by atoms with Gasteiger partial charge in [0.2, 0.25) is 11.8 Å². The molecule has 110 valence electrons. The first-order chi connectivity index (χ1) is 8.93. The molecule has 2 N–H and O–H groups in total. The average Bonchev–Trinajstić information content (AvgIpc) is 2.37. The van der Waals surface area contributed by atoms with Crippen molar-refractivity contribution in [3.05, 3.63) is 0 Å². The summed E-state index contributed by atoms with van der Waals surface area (Å²) in [4.78, 5) is 29.3. The number of rotatable bonds is 5. The third kappa shape index (κ3) is 5.16. The first-order valence-electron chi connectivity index (χ1n) is 6.90. The summed E-state index contributed by atoms with van der Waals surface area (Å²) in [5.41, 5.74) is 5.79. The number of nitrogens with zero attached hydrogens (tertiary/aromatic N) is 3. The number of nitrogens with two attached hydrogens (primary N) is 1. The van der Waals surface area contributed by atoms with Crippen LogP contribution in [0.4, 0.5) is 0 Å². The molecule has 2 amide bonds. The maximum Gasteiger partial charge on any atom is 0.236 e. The van der Waals surface area contributed by atoms with Crippen molar-refractivity contribution in [1.82, 2.24) is 14.7 Å². The molecule has 0 aliphatic carbocycles. The van der Waals surface area contributed by atoms with Crippen LogP contribution in [-0.4, -0.2) is 79.4 Å². The summed E-state index contributed by atoms with van der Waals surface area (Å²) >= 11 is 0. The van der Waals surface area contributed by atoms with E-state index in [1.54, 1.807) is 0 Å². The molecule has 1 aliphatic heterocycles. The number of likely N-dealkylation sites (N-methyl/N-ethyl adjacent to an activating group) is 1. The Morgan fingerprint density at radius 1 is 1.11 bits per heavy atom. The van der Waals surface area contributed by atoms with E-state index in [1.165, 1.54) is 0 Å². The van der Waals surface area contributed by atoms with E-state index >= 15 is 0 Å². The van der Waals surface area contributed by atoms with Crippen molar-refractivity contribution in [1.29, 1.82) is 0 Å². The number of amides is 2. The van der Waals surface area contributed by atoms with Gasteiger partial charge in [-0.2, -0.15) is 0 Å². The summed E-state index contributed by atoms with van der Waals surface area (Å²) in [5.74, 6) is 0.233. The van der Waals surface area contributed by atoms with Crippen molar-refractivity contribution in [2.24, 2.45) is 5.73 Å². The van der Waals surface area contributed by atoms with Gasteiger partial charge in [0, 0.05) is 38.6 Å². The highest BCUT2D eigenvalue weighted by Crippen LogP contribution is 2.06. The molecular weight excluding hydrogens is 244 g/mol. The molecule has 1 aliphatic rings. The highest BCUT2D eigenvalue weighted by Gasteiger charge is 2.24. The Hall–Kier alpha value is -1.14. The molecule has 6 nitrogen and oxygen atoms in total. The Balaban J connectivity index is 2.36. The van der Waals surface area contributed by atoms with Gasteiger partial charge in [0.25, 0.3) is 0 Å². The van der Waals surface area contributed by atoms with Crippen molar-refractivity contribution < 1.29 is 9.59 Å². The fourth-order valence-corrected chi connectivity index (χ4v) is 2.07. The summed E-state index contributed by atoms with van der Waals surface area (Å²) in [6.07, 6.45) is 1.22. The molecule has 6 heteroatoms. The Morgan fingerprint density at radius 2 is 1.58 bits per heavy atom. The lowest BCUT2D eigenvalue weighted by molar-refractivity contribution is -0.140. The molecule has 1 unspecified atom stereocenters. The van der Waals surface area contributed by atoms with Crippen LogP contribution in [0.5, 0.6) is 0 Å². The lowest BCUT2D eigenvalue weighted by Crippen LogP contribution is -2.52. The van der Waals surface area contributed by atoms with Gasteiger partial charge in [-0.25, -0.2) is 0 Å². The van der Waals surface area contributed by atoms with Crippen LogP contribution in [0.1, 0.15) is 19.8 Å². The van der Waals surface area contributed by atoms with E-state index in [0.717, 1.165) is 6.42 Å². The minimum absolute atomic E-state index is 0.0547. The van der Waals surface area contributed by atoms with Gasteiger partial charge in [0.15, 0.2) is 0 Å². The first kappa shape index (κ1) is 15.9. The second kappa shape index (κ2) is 7.45. The quantitative estimate of drug-likeness (QED) is 0.720. The second-order valence-electron chi connectivity index (χ2n) is 5.37. The highest BCUT2D eigenvalue weighted by atomic mass is 16.2. The molecule has 1 atom stereocenters. The Morgan fingerprint density at radius 3 is 2.00 bits per heavy atom. The van der Waals surface area contributed by atoms with E-state index in [2.05, 4.69) is 0 Å². The van der Waals surface area contributed by atoms with Gasteiger partial charge in [-0.05, 0) is 20.5 Å². The number of carbonyl (C=O) groups is 2. The van der Waals surface area contributed by atoms with Gasteiger partial charge in [0.05, 0.1) is 6.54 Å². The fourth-order valence-electron chi connectivity index (χ4n) is 2.07. The number of piperazine rings is 1. The molecule has 1 saturated heterocycles. The lowest BCUT2D eigenvalue weighted by atomic mass is 10.1. The smallest absolute Gasteiger partial charge is 0.236 e. The van der Waals surface area contributed by atoms with E-state index < -0.39 is 0 Å². The Bertz CT molecular complexity index is 312. The molecule has 0 spiro atoms. The fraction of sp³-hybridized carbons (Fsp3) is 0.846. The van der Waals surface area contributed by atoms with Crippen LogP contribution in [0.2, 0.25) is 0 Å². The van der Waals surface area contributed by atoms with Gasteiger partial charge in [0.1, 0.15) is 0 Å². The van der Waals surface area contributed by atoms with Crippen LogP contribution >= 0.6 is 0 Å². The van der Waals surface area contributed by atoms with Crippen molar-refractivity contribution >= 4 is 11.8 Å². The predicted molar refractivity (Wildman–Crippen MR) is 74.6 cm³/mol. The normalized spacial score (nSPS) is 17.7. The largest absolute Gasteiger partial charge is 0.339 e. The molecule has 1 rings (SSSR count). The third-order valence-corrected chi connectivity index (χ3v) is 3.40. The minimum atomic E-state index is -0.0547. The molecule has 0 aromatic carbocycles. The molecule has 0 aromatic heterocycles. The number of carbonyl (C=O) groups excluding carboxylic acids is 2. The lowest BCUT2D eigenvalue weighted by Gasteiger charge is -2.35. The zero-order valence-corrected chi connectivity index (χ0v) is 12.3. The summed E-state index contributed by atoms with van der Waals surface area (Å²) in [6, 6.07) is -0.0547. The topological polar surface area (TPSA) is 69.9 Å². The summed E-state index contributed by atoms with van der Waals surface area (Å²) in [7, 11) is 3.76. The molecule has 0 aromatic rings. The van der Waals surface area contributed by atoms with Crippen LogP contribution in [0.25, 0.3) is 0 Å². The van der Waals surface area contributed by atoms with Gasteiger partial charge in [-0.3, -0.25) is 9.59 Å². The van der Waals surface area contributed by atoms with Gasteiger partial charge in [-0.15, -0.1) is 0 Å². The van der Waals surface area contributed by atoms with Crippen LogP contribution in [-0.2, 0) is 9.59 Å². The number of hydrogen-bond donors (Lipinski definition) is 1. The SMILES string of the molecule is CCC(N)CC(=O)N1CCN(C(=O)CN(C)C)CC1. The van der Waals surface area contributed by atoms with E-state index in [9.17, 15) is 9.59 Å². The van der Waals surface area contributed by atoms with Crippen LogP contribution in [0.15, 0.2) is 0 Å². The van der Waals surface area contributed by atoms with Gasteiger partial charge in [-0.1, -0.05) is 6.92 Å². The molecule has 0 radical (unpaired) electrons. The van der Waals surface area contributed by atoms with E-state index in [4.69, 9.17) is 5.73 Å². The second-order valence-corrected chi connectivity index (χ2v) is 5.37. The molecular formula is C13H26N4O2. The monoisotopic (exact) mass is 270 g/mol. The van der Waals surface area contributed by atoms with Crippen LogP contribution in [0.3, 0.4) is 0 Å². The molecule has 1 fully saturated rings. The van der Waals surface area contributed by atoms with E-state index in [0.29, 0.717) is 39.1 Å². The zero-order chi connectivity index (χ0) is 14.4. The van der Waals surface area contributed by atoms with Gasteiger partial charge < -0.3 is 20.4 Å². The van der Waals surface area contributed by atoms with Crippen molar-refractivity contribution in [2.75, 3.05) is 46.8 Å². The maximum atomic E-state index is 12.0.